The molecule has 0 heterocycles. The van der Waals surface area contributed by atoms with Crippen LogP contribution in [0.5, 0.6) is 0 Å². The first kappa shape index (κ1) is 11.5. The van der Waals surface area contributed by atoms with E-state index in [2.05, 4.69) is 6.92 Å². The summed E-state index contributed by atoms with van der Waals surface area (Å²) in [6.07, 6.45) is 3.35. The van der Waals surface area contributed by atoms with Gasteiger partial charge in [-0.1, -0.05) is 20.8 Å². The molecule has 0 spiro atoms. The fraction of sp³-hybridized carbons (Fsp3) is 0.909. The predicted molar refractivity (Wildman–Crippen MR) is 57.8 cm³/mol. The van der Waals surface area contributed by atoms with E-state index in [-0.39, 0.29) is 17.9 Å². The van der Waals surface area contributed by atoms with Crippen LogP contribution >= 0.6 is 0 Å². The molecule has 1 aliphatic carbocycles. The van der Waals surface area contributed by atoms with Crippen LogP contribution in [0.15, 0.2) is 0 Å². The highest BCUT2D eigenvalue weighted by atomic mass is 16.2. The molecule has 0 aliphatic heterocycles. The van der Waals surface area contributed by atoms with Crippen molar-refractivity contribution in [2.45, 2.75) is 52.1 Å². The van der Waals surface area contributed by atoms with Gasteiger partial charge in [0.25, 0.3) is 0 Å². The lowest BCUT2D eigenvalue weighted by molar-refractivity contribution is -0.134. The number of carbonyl (C=O) groups excluding carboxylic acids is 1. The largest absolute Gasteiger partial charge is 0.338 e. The number of nitrogens with two attached hydrogens (primary N) is 1. The molecule has 2 N–H and O–H groups in total. The average Bonchev–Trinajstić information content (AvgIpc) is 2.95. The summed E-state index contributed by atoms with van der Waals surface area (Å²) in [7, 11) is 0. The lowest BCUT2D eigenvalue weighted by Gasteiger charge is -2.26. The molecule has 0 bridgehead atoms. The Morgan fingerprint density at radius 3 is 2.43 bits per heavy atom. The van der Waals surface area contributed by atoms with Crippen LogP contribution in [0.2, 0.25) is 0 Å². The van der Waals surface area contributed by atoms with E-state index in [1.54, 1.807) is 0 Å². The molecule has 0 saturated heterocycles. The van der Waals surface area contributed by atoms with Crippen molar-refractivity contribution in [3.8, 4) is 0 Å². The molecule has 1 atom stereocenters. The van der Waals surface area contributed by atoms with Crippen molar-refractivity contribution in [3.63, 3.8) is 0 Å². The minimum Gasteiger partial charge on any atom is -0.338 e. The monoisotopic (exact) mass is 198 g/mol. The summed E-state index contributed by atoms with van der Waals surface area (Å²) >= 11 is 0. The molecule has 82 valence electrons. The highest BCUT2D eigenvalue weighted by Crippen LogP contribution is 2.27. The Hall–Kier alpha value is -0.570. The Bertz CT molecular complexity index is 199. The Morgan fingerprint density at radius 2 is 2.07 bits per heavy atom. The molecule has 1 saturated carbocycles. The van der Waals surface area contributed by atoms with Crippen molar-refractivity contribution < 1.29 is 4.79 Å². The molecule has 0 aromatic heterocycles. The topological polar surface area (TPSA) is 46.3 Å². The van der Waals surface area contributed by atoms with Crippen molar-refractivity contribution in [2.75, 3.05) is 6.54 Å². The number of rotatable bonds is 5. The summed E-state index contributed by atoms with van der Waals surface area (Å²) in [6.45, 7) is 6.96. The van der Waals surface area contributed by atoms with Gasteiger partial charge in [0, 0.05) is 12.6 Å². The molecular formula is C11H22N2O. The first-order chi connectivity index (χ1) is 6.57. The molecule has 3 nitrogen and oxygen atoms in total. The number of nitrogens with zero attached hydrogens (tertiary/aromatic N) is 1. The lowest BCUT2D eigenvalue weighted by atomic mass is 10.0. The zero-order valence-electron chi connectivity index (χ0n) is 9.49. The summed E-state index contributed by atoms with van der Waals surface area (Å²) < 4.78 is 0. The maximum absolute atomic E-state index is 12.0. The van der Waals surface area contributed by atoms with Gasteiger partial charge in [-0.05, 0) is 25.2 Å². The third kappa shape index (κ3) is 2.71. The second-order valence-electron chi connectivity index (χ2n) is 4.53. The van der Waals surface area contributed by atoms with E-state index in [9.17, 15) is 4.79 Å². The Balaban J connectivity index is 2.53. The van der Waals surface area contributed by atoms with Gasteiger partial charge in [-0.15, -0.1) is 0 Å². The van der Waals surface area contributed by atoms with E-state index in [1.165, 1.54) is 0 Å². The zero-order chi connectivity index (χ0) is 10.7. The maximum Gasteiger partial charge on any atom is 0.239 e. The van der Waals surface area contributed by atoms with Crippen LogP contribution in [0.25, 0.3) is 0 Å². The van der Waals surface area contributed by atoms with E-state index < -0.39 is 0 Å². The number of amides is 1. The average molecular weight is 198 g/mol. The molecule has 14 heavy (non-hydrogen) atoms. The highest BCUT2D eigenvalue weighted by molar-refractivity contribution is 5.82. The summed E-state index contributed by atoms with van der Waals surface area (Å²) in [5.74, 6) is 0.380. The Kier molecular flexibility index (Phi) is 3.93. The smallest absolute Gasteiger partial charge is 0.239 e. The van der Waals surface area contributed by atoms with Gasteiger partial charge in [0.2, 0.25) is 5.91 Å². The van der Waals surface area contributed by atoms with E-state index in [1.807, 2.05) is 18.7 Å². The van der Waals surface area contributed by atoms with E-state index >= 15 is 0 Å². The van der Waals surface area contributed by atoms with Gasteiger partial charge in [-0.3, -0.25) is 4.79 Å². The van der Waals surface area contributed by atoms with Crippen LogP contribution in [0.1, 0.15) is 40.0 Å². The standard InChI is InChI=1S/C11H22N2O/c1-4-7-13(9-5-6-9)11(14)10(12)8(2)3/h8-10H,4-7,12H2,1-3H3. The second kappa shape index (κ2) is 4.78. The summed E-state index contributed by atoms with van der Waals surface area (Å²) in [6, 6.07) is 0.175. The van der Waals surface area contributed by atoms with Gasteiger partial charge in [0.05, 0.1) is 6.04 Å². The molecule has 1 unspecified atom stereocenters. The van der Waals surface area contributed by atoms with Crippen molar-refractivity contribution in [2.24, 2.45) is 11.7 Å². The highest BCUT2D eigenvalue weighted by Gasteiger charge is 2.34. The molecule has 0 aromatic carbocycles. The number of hydrogen-bond acceptors (Lipinski definition) is 2. The van der Waals surface area contributed by atoms with Gasteiger partial charge < -0.3 is 10.6 Å². The Morgan fingerprint density at radius 1 is 1.50 bits per heavy atom. The van der Waals surface area contributed by atoms with Crippen molar-refractivity contribution >= 4 is 5.91 Å². The molecule has 1 fully saturated rings. The molecule has 1 rings (SSSR count). The van der Waals surface area contributed by atoms with Crippen LogP contribution in [0, 0.1) is 5.92 Å². The van der Waals surface area contributed by atoms with Gasteiger partial charge >= 0.3 is 0 Å². The molecule has 3 heteroatoms. The summed E-state index contributed by atoms with van der Waals surface area (Å²) in [4.78, 5) is 13.9. The quantitative estimate of drug-likeness (QED) is 0.725. The Labute approximate surface area is 86.6 Å². The normalized spacial score (nSPS) is 18.4. The fourth-order valence-electron chi connectivity index (χ4n) is 1.58. The molecule has 1 aliphatic rings. The van der Waals surface area contributed by atoms with Crippen molar-refractivity contribution in [1.82, 2.24) is 4.90 Å². The number of carbonyl (C=O) groups is 1. The van der Waals surface area contributed by atoms with Gasteiger partial charge in [-0.2, -0.15) is 0 Å². The lowest BCUT2D eigenvalue weighted by Crippen LogP contribution is -2.47. The third-order valence-electron chi connectivity index (χ3n) is 2.74. The van der Waals surface area contributed by atoms with Gasteiger partial charge in [-0.25, -0.2) is 0 Å². The van der Waals surface area contributed by atoms with Crippen molar-refractivity contribution in [3.05, 3.63) is 0 Å². The third-order valence-corrected chi connectivity index (χ3v) is 2.74. The molecular weight excluding hydrogens is 176 g/mol. The molecule has 0 aromatic rings. The summed E-state index contributed by atoms with van der Waals surface area (Å²) in [5.41, 5.74) is 5.87. The number of hydrogen-bond donors (Lipinski definition) is 1. The maximum atomic E-state index is 12.0. The van der Waals surface area contributed by atoms with E-state index in [0.717, 1.165) is 25.8 Å². The van der Waals surface area contributed by atoms with Gasteiger partial charge in [0.1, 0.15) is 0 Å². The SMILES string of the molecule is CCCN(C(=O)C(N)C(C)C)C1CC1. The zero-order valence-corrected chi connectivity index (χ0v) is 9.49. The van der Waals surface area contributed by atoms with Crippen LogP contribution < -0.4 is 5.73 Å². The van der Waals surface area contributed by atoms with E-state index in [0.29, 0.717) is 6.04 Å². The first-order valence-corrected chi connectivity index (χ1v) is 5.64. The minimum absolute atomic E-state index is 0.143. The molecule has 1 amide bonds. The fourth-order valence-corrected chi connectivity index (χ4v) is 1.58. The van der Waals surface area contributed by atoms with Gasteiger partial charge in [0.15, 0.2) is 0 Å². The van der Waals surface area contributed by atoms with Crippen molar-refractivity contribution in [1.29, 1.82) is 0 Å². The van der Waals surface area contributed by atoms with Crippen LogP contribution in [0.4, 0.5) is 0 Å². The minimum atomic E-state index is -0.317. The van der Waals surface area contributed by atoms with Crippen LogP contribution in [0.3, 0.4) is 0 Å². The predicted octanol–water partition coefficient (Wildman–Crippen LogP) is 1.37. The van der Waals surface area contributed by atoms with Crippen LogP contribution in [-0.2, 0) is 4.79 Å². The summed E-state index contributed by atoms with van der Waals surface area (Å²) in [5, 5.41) is 0. The van der Waals surface area contributed by atoms with Crippen LogP contribution in [-0.4, -0.2) is 29.4 Å². The first-order valence-electron chi connectivity index (χ1n) is 5.64. The molecule has 0 radical (unpaired) electrons. The second-order valence-corrected chi connectivity index (χ2v) is 4.53. The van der Waals surface area contributed by atoms with E-state index in [4.69, 9.17) is 5.73 Å².